The van der Waals surface area contributed by atoms with Crippen molar-refractivity contribution in [3.63, 3.8) is 0 Å². The highest BCUT2D eigenvalue weighted by atomic mass is 19.1. The lowest BCUT2D eigenvalue weighted by Crippen LogP contribution is -1.99. The molecular weight excluding hydrogens is 169 g/mol. The molecule has 0 atom stereocenters. The molecular formula is C9H10FN3. The molecule has 13 heavy (non-hydrogen) atoms. The summed E-state index contributed by atoms with van der Waals surface area (Å²) < 4.78 is 12.8. The lowest BCUT2D eigenvalue weighted by Gasteiger charge is -2.02. The Morgan fingerprint density at radius 1 is 1.31 bits per heavy atom. The molecule has 4 heteroatoms. The van der Waals surface area contributed by atoms with E-state index in [1.54, 1.807) is 0 Å². The van der Waals surface area contributed by atoms with Crippen LogP contribution >= 0.6 is 0 Å². The summed E-state index contributed by atoms with van der Waals surface area (Å²) in [6, 6.07) is 2.39. The van der Waals surface area contributed by atoms with Crippen LogP contribution in [0.4, 0.5) is 15.8 Å². The first kappa shape index (κ1) is 9.36. The first-order valence-corrected chi connectivity index (χ1v) is 3.68. The second-order valence-electron chi connectivity index (χ2n) is 2.46. The van der Waals surface area contributed by atoms with Crippen LogP contribution in [-0.4, -0.2) is 6.54 Å². The van der Waals surface area contributed by atoms with E-state index < -0.39 is 5.82 Å². The lowest BCUT2D eigenvalue weighted by atomic mass is 10.1. The van der Waals surface area contributed by atoms with Crippen molar-refractivity contribution in [3.8, 4) is 11.8 Å². The van der Waals surface area contributed by atoms with E-state index in [2.05, 4.69) is 11.8 Å². The van der Waals surface area contributed by atoms with Gasteiger partial charge in [0, 0.05) is 0 Å². The van der Waals surface area contributed by atoms with E-state index in [4.69, 9.17) is 17.2 Å². The molecule has 0 unspecified atom stereocenters. The number of hydrogen-bond acceptors (Lipinski definition) is 3. The number of anilines is 2. The molecule has 0 spiro atoms. The Morgan fingerprint density at radius 2 is 2.00 bits per heavy atom. The molecule has 1 aromatic carbocycles. The minimum atomic E-state index is -0.451. The van der Waals surface area contributed by atoms with Gasteiger partial charge in [-0.05, 0) is 12.1 Å². The van der Waals surface area contributed by atoms with Gasteiger partial charge in [0.05, 0.1) is 23.5 Å². The summed E-state index contributed by atoms with van der Waals surface area (Å²) in [5.74, 6) is 4.76. The molecule has 0 amide bonds. The molecule has 0 saturated carbocycles. The van der Waals surface area contributed by atoms with Gasteiger partial charge in [-0.2, -0.15) is 0 Å². The van der Waals surface area contributed by atoms with Gasteiger partial charge in [0.2, 0.25) is 0 Å². The molecule has 0 fully saturated rings. The van der Waals surface area contributed by atoms with E-state index in [0.29, 0.717) is 11.3 Å². The SMILES string of the molecule is NCC#Cc1cc(F)cc(N)c1N. The Hall–Kier alpha value is -1.73. The topological polar surface area (TPSA) is 78.1 Å². The number of benzene rings is 1. The molecule has 0 radical (unpaired) electrons. The second-order valence-corrected chi connectivity index (χ2v) is 2.46. The normalized spacial score (nSPS) is 9.08. The van der Waals surface area contributed by atoms with Crippen LogP contribution in [0.15, 0.2) is 12.1 Å². The summed E-state index contributed by atoms with van der Waals surface area (Å²) in [7, 11) is 0. The van der Waals surface area contributed by atoms with Crippen molar-refractivity contribution in [2.45, 2.75) is 0 Å². The molecule has 0 bridgehead atoms. The lowest BCUT2D eigenvalue weighted by molar-refractivity contribution is 0.628. The van der Waals surface area contributed by atoms with Crippen LogP contribution in [0.1, 0.15) is 5.56 Å². The maximum absolute atomic E-state index is 12.8. The average Bonchev–Trinajstić information content (AvgIpc) is 2.09. The Balaban J connectivity index is 3.20. The first-order chi connectivity index (χ1) is 6.15. The zero-order valence-electron chi connectivity index (χ0n) is 6.97. The molecule has 6 N–H and O–H groups in total. The number of nitrogens with two attached hydrogens (primary N) is 3. The Morgan fingerprint density at radius 3 is 2.62 bits per heavy atom. The zero-order valence-corrected chi connectivity index (χ0v) is 6.97. The van der Waals surface area contributed by atoms with Crippen molar-refractivity contribution >= 4 is 11.4 Å². The first-order valence-electron chi connectivity index (χ1n) is 3.68. The third-order valence-corrected chi connectivity index (χ3v) is 1.50. The standard InChI is InChI=1S/C9H10FN3/c10-7-4-6(2-1-3-11)9(13)8(12)5-7/h4-5H,3,11-13H2. The van der Waals surface area contributed by atoms with Gasteiger partial charge in [-0.3, -0.25) is 0 Å². The fourth-order valence-electron chi connectivity index (χ4n) is 0.889. The van der Waals surface area contributed by atoms with Crippen LogP contribution in [0.3, 0.4) is 0 Å². The van der Waals surface area contributed by atoms with Crippen molar-refractivity contribution in [1.82, 2.24) is 0 Å². The minimum absolute atomic E-state index is 0.196. The van der Waals surface area contributed by atoms with Gasteiger partial charge in [-0.15, -0.1) is 0 Å². The molecule has 0 aromatic heterocycles. The molecule has 0 aliphatic carbocycles. The van der Waals surface area contributed by atoms with Crippen molar-refractivity contribution < 1.29 is 4.39 Å². The molecule has 0 aliphatic rings. The molecule has 1 rings (SSSR count). The fraction of sp³-hybridized carbons (Fsp3) is 0.111. The summed E-state index contributed by atoms with van der Waals surface area (Å²) in [6.45, 7) is 0.204. The predicted octanol–water partition coefficient (Wildman–Crippen LogP) is 0.300. The van der Waals surface area contributed by atoms with Crippen LogP contribution in [0.2, 0.25) is 0 Å². The molecule has 0 aliphatic heterocycles. The van der Waals surface area contributed by atoms with E-state index in [0.717, 1.165) is 6.07 Å². The highest BCUT2D eigenvalue weighted by Gasteiger charge is 2.02. The number of hydrogen-bond donors (Lipinski definition) is 3. The third-order valence-electron chi connectivity index (χ3n) is 1.50. The van der Waals surface area contributed by atoms with E-state index >= 15 is 0 Å². The van der Waals surface area contributed by atoms with Crippen molar-refractivity contribution in [1.29, 1.82) is 0 Å². The van der Waals surface area contributed by atoms with Gasteiger partial charge < -0.3 is 17.2 Å². The van der Waals surface area contributed by atoms with E-state index in [1.807, 2.05) is 0 Å². The molecule has 0 heterocycles. The maximum Gasteiger partial charge on any atom is 0.126 e. The largest absolute Gasteiger partial charge is 0.397 e. The van der Waals surface area contributed by atoms with E-state index in [9.17, 15) is 4.39 Å². The fourth-order valence-corrected chi connectivity index (χ4v) is 0.889. The highest BCUT2D eigenvalue weighted by Crippen LogP contribution is 2.20. The van der Waals surface area contributed by atoms with Gasteiger partial charge in [-0.1, -0.05) is 11.8 Å². The predicted molar refractivity (Wildman–Crippen MR) is 51.2 cm³/mol. The second kappa shape index (κ2) is 3.78. The average molecular weight is 179 g/mol. The van der Waals surface area contributed by atoms with E-state index in [1.165, 1.54) is 6.07 Å². The highest BCUT2D eigenvalue weighted by molar-refractivity contribution is 5.71. The Bertz CT molecular complexity index is 376. The van der Waals surface area contributed by atoms with E-state index in [-0.39, 0.29) is 12.2 Å². The maximum atomic E-state index is 12.8. The van der Waals surface area contributed by atoms with Crippen LogP contribution in [-0.2, 0) is 0 Å². The van der Waals surface area contributed by atoms with Crippen LogP contribution in [0.25, 0.3) is 0 Å². The van der Waals surface area contributed by atoms with Crippen LogP contribution < -0.4 is 17.2 Å². The quantitative estimate of drug-likeness (QED) is 0.396. The summed E-state index contributed by atoms with van der Waals surface area (Å²) in [6.07, 6.45) is 0. The Labute approximate surface area is 75.7 Å². The molecule has 68 valence electrons. The summed E-state index contributed by atoms with van der Waals surface area (Å²) in [5.41, 5.74) is 17.0. The summed E-state index contributed by atoms with van der Waals surface area (Å²) in [5, 5.41) is 0. The van der Waals surface area contributed by atoms with Crippen LogP contribution in [0.5, 0.6) is 0 Å². The number of rotatable bonds is 0. The number of halogens is 1. The Kier molecular flexibility index (Phi) is 2.72. The molecule has 1 aromatic rings. The van der Waals surface area contributed by atoms with Gasteiger partial charge >= 0.3 is 0 Å². The van der Waals surface area contributed by atoms with Crippen molar-refractivity contribution in [3.05, 3.63) is 23.5 Å². The van der Waals surface area contributed by atoms with Gasteiger partial charge in [0.1, 0.15) is 5.82 Å². The minimum Gasteiger partial charge on any atom is -0.397 e. The smallest absolute Gasteiger partial charge is 0.126 e. The van der Waals surface area contributed by atoms with Gasteiger partial charge in [0.25, 0.3) is 0 Å². The van der Waals surface area contributed by atoms with Crippen molar-refractivity contribution in [2.75, 3.05) is 18.0 Å². The molecule has 0 saturated heterocycles. The van der Waals surface area contributed by atoms with Gasteiger partial charge in [0.15, 0.2) is 0 Å². The van der Waals surface area contributed by atoms with Crippen molar-refractivity contribution in [2.24, 2.45) is 5.73 Å². The van der Waals surface area contributed by atoms with Crippen LogP contribution in [0, 0.1) is 17.7 Å². The number of nitrogen functional groups attached to an aromatic ring is 2. The van der Waals surface area contributed by atoms with Gasteiger partial charge in [-0.25, -0.2) is 4.39 Å². The monoisotopic (exact) mass is 179 g/mol. The third kappa shape index (κ3) is 2.10. The summed E-state index contributed by atoms with van der Waals surface area (Å²) in [4.78, 5) is 0. The summed E-state index contributed by atoms with van der Waals surface area (Å²) >= 11 is 0. The molecule has 3 nitrogen and oxygen atoms in total. The zero-order chi connectivity index (χ0) is 9.84.